The molecule has 3 rings (SSSR count). The summed E-state index contributed by atoms with van der Waals surface area (Å²) in [6.45, 7) is 3.23. The van der Waals surface area contributed by atoms with Crippen molar-refractivity contribution in [1.29, 1.82) is 0 Å². The molecule has 1 fully saturated rings. The van der Waals surface area contributed by atoms with Crippen LogP contribution in [0.1, 0.15) is 37.2 Å². The molecule has 0 saturated carbocycles. The van der Waals surface area contributed by atoms with Gasteiger partial charge >= 0.3 is 5.97 Å². The van der Waals surface area contributed by atoms with Gasteiger partial charge in [-0.2, -0.15) is 0 Å². The van der Waals surface area contributed by atoms with Gasteiger partial charge in [0.2, 0.25) is 5.76 Å². The fourth-order valence-corrected chi connectivity index (χ4v) is 5.20. The van der Waals surface area contributed by atoms with Crippen molar-refractivity contribution in [2.75, 3.05) is 18.1 Å². The second-order valence-electron chi connectivity index (χ2n) is 7.36. The lowest BCUT2D eigenvalue weighted by Crippen LogP contribution is -2.48. The topological polar surface area (TPSA) is 93.9 Å². The number of ether oxygens (including phenoxy) is 1. The molecule has 0 bridgehead atoms. The molecule has 1 aliphatic rings. The highest BCUT2D eigenvalue weighted by molar-refractivity contribution is 7.91. The van der Waals surface area contributed by atoms with Crippen molar-refractivity contribution in [2.24, 2.45) is 0 Å². The molecule has 30 heavy (non-hydrogen) atoms. The van der Waals surface area contributed by atoms with Gasteiger partial charge in [-0.05, 0) is 56.2 Å². The van der Waals surface area contributed by atoms with Crippen LogP contribution in [0.25, 0.3) is 11.3 Å². The van der Waals surface area contributed by atoms with Crippen molar-refractivity contribution < 1.29 is 31.6 Å². The maximum absolute atomic E-state index is 13.0. The van der Waals surface area contributed by atoms with Crippen LogP contribution < -0.4 is 0 Å². The Bertz CT molecular complexity index is 1010. The Balaban J connectivity index is 1.64. The van der Waals surface area contributed by atoms with Gasteiger partial charge in [-0.15, -0.1) is 0 Å². The van der Waals surface area contributed by atoms with E-state index in [0.29, 0.717) is 24.2 Å². The number of amides is 1. The van der Waals surface area contributed by atoms with Gasteiger partial charge in [-0.1, -0.05) is 6.92 Å². The summed E-state index contributed by atoms with van der Waals surface area (Å²) in [6, 6.07) is 7.98. The van der Waals surface area contributed by atoms with Gasteiger partial charge in [-0.3, -0.25) is 4.79 Å². The number of benzene rings is 1. The Morgan fingerprint density at radius 2 is 1.93 bits per heavy atom. The fraction of sp³-hybridized carbons (Fsp3) is 0.429. The van der Waals surface area contributed by atoms with Crippen molar-refractivity contribution >= 4 is 21.7 Å². The van der Waals surface area contributed by atoms with E-state index in [0.717, 1.165) is 0 Å². The third-order valence-corrected chi connectivity index (χ3v) is 6.97. The van der Waals surface area contributed by atoms with Crippen LogP contribution >= 0.6 is 0 Å². The first-order valence-corrected chi connectivity index (χ1v) is 11.6. The summed E-state index contributed by atoms with van der Waals surface area (Å²) in [7, 11) is -3.16. The van der Waals surface area contributed by atoms with Gasteiger partial charge in [0.25, 0.3) is 5.91 Å². The van der Waals surface area contributed by atoms with Gasteiger partial charge in [0.15, 0.2) is 16.4 Å². The number of hydrogen-bond acceptors (Lipinski definition) is 6. The SMILES string of the molecule is CCC(C)N(C(=O)COC(=O)c1ccc(-c2ccc(F)cc2)o1)C1CCS(=O)(=O)C1. The number of hydrogen-bond donors (Lipinski definition) is 0. The molecule has 1 saturated heterocycles. The predicted octanol–water partition coefficient (Wildman–Crippen LogP) is 3.06. The first kappa shape index (κ1) is 22.0. The minimum Gasteiger partial charge on any atom is -0.450 e. The number of rotatable bonds is 7. The monoisotopic (exact) mass is 437 g/mol. The van der Waals surface area contributed by atoms with E-state index in [9.17, 15) is 22.4 Å². The molecular formula is C21H24FNO6S. The van der Waals surface area contributed by atoms with Gasteiger partial charge in [-0.25, -0.2) is 17.6 Å². The Labute approximate surface area is 174 Å². The second-order valence-corrected chi connectivity index (χ2v) is 9.59. The average Bonchev–Trinajstić information content (AvgIpc) is 3.33. The fourth-order valence-electron chi connectivity index (χ4n) is 3.49. The van der Waals surface area contributed by atoms with E-state index in [1.54, 1.807) is 6.07 Å². The van der Waals surface area contributed by atoms with Crippen LogP contribution in [0.5, 0.6) is 0 Å². The third kappa shape index (κ3) is 5.08. The summed E-state index contributed by atoms with van der Waals surface area (Å²) in [5, 5.41) is 0. The summed E-state index contributed by atoms with van der Waals surface area (Å²) in [5.41, 5.74) is 0.594. The quantitative estimate of drug-likeness (QED) is 0.618. The molecule has 2 unspecified atom stereocenters. The standard InChI is InChI=1S/C21H24FNO6S/c1-3-14(2)23(17-10-11-30(26,27)13-17)20(24)12-28-21(25)19-9-8-18(29-19)15-4-6-16(22)7-5-15/h4-9,14,17H,3,10-13H2,1-2H3. The number of sulfone groups is 1. The molecule has 0 N–H and O–H groups in total. The molecule has 2 atom stereocenters. The predicted molar refractivity (Wildman–Crippen MR) is 108 cm³/mol. The molecule has 2 heterocycles. The zero-order valence-corrected chi connectivity index (χ0v) is 17.7. The van der Waals surface area contributed by atoms with Crippen LogP contribution in [0.3, 0.4) is 0 Å². The van der Waals surface area contributed by atoms with E-state index >= 15 is 0 Å². The van der Waals surface area contributed by atoms with E-state index in [-0.39, 0.29) is 29.1 Å². The lowest BCUT2D eigenvalue weighted by Gasteiger charge is -2.33. The molecular weight excluding hydrogens is 413 g/mol. The summed E-state index contributed by atoms with van der Waals surface area (Å²) >= 11 is 0. The zero-order chi connectivity index (χ0) is 21.9. The van der Waals surface area contributed by atoms with E-state index in [1.807, 2.05) is 13.8 Å². The smallest absolute Gasteiger partial charge is 0.374 e. The first-order chi connectivity index (χ1) is 14.2. The summed E-state index contributed by atoms with van der Waals surface area (Å²) in [4.78, 5) is 26.5. The molecule has 9 heteroatoms. The molecule has 2 aromatic rings. The third-order valence-electron chi connectivity index (χ3n) is 5.22. The highest BCUT2D eigenvalue weighted by atomic mass is 32.2. The van der Waals surface area contributed by atoms with Crippen molar-refractivity contribution in [1.82, 2.24) is 4.90 Å². The van der Waals surface area contributed by atoms with E-state index in [2.05, 4.69) is 0 Å². The normalized spacial score (nSPS) is 18.7. The minimum atomic E-state index is -3.16. The van der Waals surface area contributed by atoms with Gasteiger partial charge in [0, 0.05) is 17.6 Å². The number of carbonyl (C=O) groups excluding carboxylic acids is 2. The molecule has 1 aliphatic heterocycles. The first-order valence-electron chi connectivity index (χ1n) is 9.74. The summed E-state index contributed by atoms with van der Waals surface area (Å²) < 4.78 is 47.2. The summed E-state index contributed by atoms with van der Waals surface area (Å²) in [6.07, 6.45) is 1.03. The maximum atomic E-state index is 13.0. The molecule has 0 spiro atoms. The van der Waals surface area contributed by atoms with E-state index in [4.69, 9.17) is 9.15 Å². The molecule has 1 aromatic carbocycles. The molecule has 162 valence electrons. The Kier molecular flexibility index (Phi) is 6.60. The Morgan fingerprint density at radius 3 is 2.53 bits per heavy atom. The van der Waals surface area contributed by atoms with Crippen molar-refractivity contribution in [3.63, 3.8) is 0 Å². The molecule has 1 aromatic heterocycles. The highest BCUT2D eigenvalue weighted by Gasteiger charge is 2.36. The Hall–Kier alpha value is -2.68. The Morgan fingerprint density at radius 1 is 1.23 bits per heavy atom. The minimum absolute atomic E-state index is 0.0518. The molecule has 1 amide bonds. The molecule has 0 aliphatic carbocycles. The van der Waals surface area contributed by atoms with Crippen LogP contribution in [0.15, 0.2) is 40.8 Å². The number of nitrogens with zero attached hydrogens (tertiary/aromatic N) is 1. The number of halogens is 1. The maximum Gasteiger partial charge on any atom is 0.374 e. The number of furan rings is 1. The van der Waals surface area contributed by atoms with Crippen molar-refractivity contribution in [3.05, 3.63) is 48.0 Å². The average molecular weight is 437 g/mol. The van der Waals surface area contributed by atoms with E-state index < -0.39 is 34.4 Å². The summed E-state index contributed by atoms with van der Waals surface area (Å²) in [5.74, 6) is -1.37. The van der Waals surface area contributed by atoms with Crippen LogP contribution in [-0.2, 0) is 19.4 Å². The van der Waals surface area contributed by atoms with Crippen LogP contribution in [-0.4, -0.2) is 55.4 Å². The molecule has 7 nitrogen and oxygen atoms in total. The largest absolute Gasteiger partial charge is 0.450 e. The van der Waals surface area contributed by atoms with Crippen molar-refractivity contribution in [2.45, 2.75) is 38.8 Å². The highest BCUT2D eigenvalue weighted by Crippen LogP contribution is 2.24. The number of carbonyl (C=O) groups is 2. The van der Waals surface area contributed by atoms with Gasteiger partial charge in [0.1, 0.15) is 11.6 Å². The lowest BCUT2D eigenvalue weighted by molar-refractivity contribution is -0.138. The van der Waals surface area contributed by atoms with Crippen molar-refractivity contribution in [3.8, 4) is 11.3 Å². The molecule has 0 radical (unpaired) electrons. The van der Waals surface area contributed by atoms with Gasteiger partial charge in [0.05, 0.1) is 11.5 Å². The van der Waals surface area contributed by atoms with E-state index in [1.165, 1.54) is 35.2 Å². The van der Waals surface area contributed by atoms with Gasteiger partial charge < -0.3 is 14.1 Å². The van der Waals surface area contributed by atoms with Crippen LogP contribution in [0.4, 0.5) is 4.39 Å². The zero-order valence-electron chi connectivity index (χ0n) is 16.8. The second kappa shape index (κ2) is 8.99. The van der Waals surface area contributed by atoms with Crippen LogP contribution in [0.2, 0.25) is 0 Å². The van der Waals surface area contributed by atoms with Crippen LogP contribution in [0, 0.1) is 5.82 Å². The lowest BCUT2D eigenvalue weighted by atomic mass is 10.1. The number of esters is 1.